The lowest BCUT2D eigenvalue weighted by Crippen LogP contribution is -2.07. The number of rotatable bonds is 8. The third-order valence-corrected chi connectivity index (χ3v) is 5.62. The Morgan fingerprint density at radius 3 is 2.28 bits per heavy atom. The van der Waals surface area contributed by atoms with E-state index in [1.165, 1.54) is 0 Å². The Hall–Kier alpha value is -5.31. The molecule has 4 rings (SSSR count). The minimum atomic E-state index is -4.91. The molecule has 0 saturated carbocycles. The predicted molar refractivity (Wildman–Crippen MR) is 139 cm³/mol. The van der Waals surface area contributed by atoms with E-state index in [0.29, 0.717) is 23.9 Å². The van der Waals surface area contributed by atoms with Gasteiger partial charge in [0, 0.05) is 29.9 Å². The van der Waals surface area contributed by atoms with Gasteiger partial charge in [0.15, 0.2) is 5.82 Å². The molecule has 0 amide bonds. The average molecular weight is 531 g/mol. The highest BCUT2D eigenvalue weighted by molar-refractivity contribution is 5.77. The smallest absolute Gasteiger partial charge is 0.365 e. The summed E-state index contributed by atoms with van der Waals surface area (Å²) in [5, 5.41) is 34.9. The van der Waals surface area contributed by atoms with Gasteiger partial charge in [0.2, 0.25) is 0 Å². The second kappa shape index (κ2) is 11.4. The topological polar surface area (TPSA) is 129 Å². The normalized spacial score (nSPS) is 11.3. The Bertz CT molecular complexity index is 1570. The Kier molecular flexibility index (Phi) is 7.81. The quantitative estimate of drug-likeness (QED) is 0.135. The summed E-state index contributed by atoms with van der Waals surface area (Å²) in [5.74, 6) is 0.398. The number of benzene rings is 3. The number of anilines is 3. The fraction of sp³-hybridized carbons (Fsp3) is 0.111. The molecule has 196 valence electrons. The summed E-state index contributed by atoms with van der Waals surface area (Å²) >= 11 is 0. The number of hydrogen-bond donors (Lipinski definition) is 2. The average Bonchev–Trinajstić information content (AvgIpc) is 2.92. The molecular formula is C27H20F3N7O2. The van der Waals surface area contributed by atoms with Crippen LogP contribution in [0.3, 0.4) is 0 Å². The van der Waals surface area contributed by atoms with Crippen LogP contribution in [0.4, 0.5) is 47.6 Å². The summed E-state index contributed by atoms with van der Waals surface area (Å²) in [7, 11) is 0. The zero-order chi connectivity index (χ0) is 28.0. The maximum absolute atomic E-state index is 13.7. The van der Waals surface area contributed by atoms with Gasteiger partial charge in [0.1, 0.15) is 17.6 Å². The van der Waals surface area contributed by atoms with Gasteiger partial charge in [-0.2, -0.15) is 18.4 Å². The molecule has 0 aliphatic rings. The number of para-hydroxylation sites is 1. The lowest BCUT2D eigenvalue weighted by molar-refractivity contribution is -0.385. The highest BCUT2D eigenvalue weighted by Gasteiger charge is 2.35. The number of pyridine rings is 1. The van der Waals surface area contributed by atoms with Crippen LogP contribution < -0.4 is 10.6 Å². The van der Waals surface area contributed by atoms with E-state index in [9.17, 15) is 28.5 Å². The summed E-state index contributed by atoms with van der Waals surface area (Å²) in [5.41, 5.74) is -0.614. The van der Waals surface area contributed by atoms with Crippen LogP contribution in [0.25, 0.3) is 0 Å². The third-order valence-electron chi connectivity index (χ3n) is 5.62. The molecule has 0 aliphatic carbocycles. The minimum Gasteiger partial charge on any atom is -0.365 e. The summed E-state index contributed by atoms with van der Waals surface area (Å²) in [4.78, 5) is 14.6. The van der Waals surface area contributed by atoms with E-state index < -0.39 is 28.0 Å². The zero-order valence-electron chi connectivity index (χ0n) is 20.4. The first-order valence-electron chi connectivity index (χ1n) is 11.5. The van der Waals surface area contributed by atoms with Crippen molar-refractivity contribution in [2.75, 3.05) is 10.6 Å². The first kappa shape index (κ1) is 26.7. The highest BCUT2D eigenvalue weighted by atomic mass is 19.4. The Balaban J connectivity index is 1.81. The number of nitrogens with zero attached hydrogens (tertiary/aromatic N) is 5. The molecule has 0 aliphatic heterocycles. The van der Waals surface area contributed by atoms with E-state index in [-0.39, 0.29) is 22.9 Å². The predicted octanol–water partition coefficient (Wildman–Crippen LogP) is 7.96. The van der Waals surface area contributed by atoms with Crippen molar-refractivity contribution in [3.8, 4) is 6.07 Å². The van der Waals surface area contributed by atoms with Gasteiger partial charge in [0.05, 0.1) is 21.7 Å². The van der Waals surface area contributed by atoms with Crippen LogP contribution in [-0.4, -0.2) is 9.91 Å². The molecule has 0 fully saturated rings. The number of aromatic nitrogens is 1. The van der Waals surface area contributed by atoms with Crippen molar-refractivity contribution in [1.29, 1.82) is 5.26 Å². The molecule has 0 spiro atoms. The molecule has 3 aromatic carbocycles. The van der Waals surface area contributed by atoms with Crippen molar-refractivity contribution < 1.29 is 18.1 Å². The third kappa shape index (κ3) is 6.34. The van der Waals surface area contributed by atoms with E-state index in [1.54, 1.807) is 31.2 Å². The van der Waals surface area contributed by atoms with Gasteiger partial charge in [-0.05, 0) is 30.7 Å². The van der Waals surface area contributed by atoms with Crippen molar-refractivity contribution in [3.05, 3.63) is 111 Å². The van der Waals surface area contributed by atoms with Gasteiger partial charge in [-0.25, -0.2) is 4.98 Å². The van der Waals surface area contributed by atoms with Gasteiger partial charge in [-0.1, -0.05) is 48.5 Å². The van der Waals surface area contributed by atoms with Gasteiger partial charge < -0.3 is 10.6 Å². The fourth-order valence-electron chi connectivity index (χ4n) is 3.66. The van der Waals surface area contributed by atoms with Crippen molar-refractivity contribution >= 4 is 34.4 Å². The van der Waals surface area contributed by atoms with E-state index in [4.69, 9.17) is 0 Å². The standard InChI is InChI=1S/C27H20F3N7O2/c1-17-21(15-31)25(32-16-18-8-4-2-5-9-18)34-26(33-19-10-6-3-7-11-19)24(17)36-35-23-13-12-20(37(38)39)14-22(23)27(28,29)30/h2-14H,16H2,1H3,(H2,32,33,34). The van der Waals surface area contributed by atoms with E-state index >= 15 is 0 Å². The largest absolute Gasteiger partial charge is 0.418 e. The molecule has 0 atom stereocenters. The molecule has 4 aromatic rings. The van der Waals surface area contributed by atoms with Gasteiger partial charge >= 0.3 is 6.18 Å². The molecule has 0 radical (unpaired) electrons. The van der Waals surface area contributed by atoms with E-state index in [1.807, 2.05) is 36.4 Å². The van der Waals surface area contributed by atoms with Gasteiger partial charge in [-0.3, -0.25) is 10.1 Å². The minimum absolute atomic E-state index is 0.0344. The molecular weight excluding hydrogens is 511 g/mol. The van der Waals surface area contributed by atoms with E-state index in [0.717, 1.165) is 17.7 Å². The molecule has 0 bridgehead atoms. The van der Waals surface area contributed by atoms with Crippen LogP contribution >= 0.6 is 0 Å². The molecule has 12 heteroatoms. The van der Waals surface area contributed by atoms with E-state index in [2.05, 4.69) is 31.9 Å². The number of azo groups is 1. The summed E-state index contributed by atoms with van der Waals surface area (Å²) < 4.78 is 41.0. The molecule has 0 unspecified atom stereocenters. The fourth-order valence-corrected chi connectivity index (χ4v) is 3.66. The first-order valence-corrected chi connectivity index (χ1v) is 11.5. The highest BCUT2D eigenvalue weighted by Crippen LogP contribution is 2.41. The maximum Gasteiger partial charge on any atom is 0.418 e. The second-order valence-electron chi connectivity index (χ2n) is 8.26. The van der Waals surface area contributed by atoms with Crippen LogP contribution in [0, 0.1) is 28.4 Å². The summed E-state index contributed by atoms with van der Waals surface area (Å²) in [6.45, 7) is 1.95. The summed E-state index contributed by atoms with van der Waals surface area (Å²) in [6, 6.07) is 22.6. The monoisotopic (exact) mass is 531 g/mol. The zero-order valence-corrected chi connectivity index (χ0v) is 20.4. The number of nitriles is 1. The molecule has 0 saturated heterocycles. The summed E-state index contributed by atoms with van der Waals surface area (Å²) in [6.07, 6.45) is -4.91. The number of nitro groups is 1. The van der Waals surface area contributed by atoms with Crippen molar-refractivity contribution in [2.45, 2.75) is 19.6 Å². The Labute approximate surface area is 220 Å². The number of nitro benzene ring substituents is 1. The lowest BCUT2D eigenvalue weighted by Gasteiger charge is -2.16. The van der Waals surface area contributed by atoms with Crippen LogP contribution in [0.5, 0.6) is 0 Å². The number of non-ortho nitro benzene ring substituents is 1. The molecule has 1 heterocycles. The maximum atomic E-state index is 13.7. The Morgan fingerprint density at radius 2 is 1.67 bits per heavy atom. The van der Waals surface area contributed by atoms with Crippen LogP contribution in [0.2, 0.25) is 0 Å². The molecule has 39 heavy (non-hydrogen) atoms. The first-order chi connectivity index (χ1) is 18.7. The van der Waals surface area contributed by atoms with Crippen LogP contribution in [0.1, 0.15) is 22.3 Å². The lowest BCUT2D eigenvalue weighted by atomic mass is 10.1. The van der Waals surface area contributed by atoms with Crippen molar-refractivity contribution in [1.82, 2.24) is 4.98 Å². The molecule has 2 N–H and O–H groups in total. The van der Waals surface area contributed by atoms with Crippen LogP contribution in [-0.2, 0) is 12.7 Å². The Morgan fingerprint density at radius 1 is 1.00 bits per heavy atom. The van der Waals surface area contributed by atoms with Gasteiger partial charge in [-0.15, -0.1) is 10.2 Å². The number of nitrogens with one attached hydrogen (secondary N) is 2. The molecule has 9 nitrogen and oxygen atoms in total. The number of hydrogen-bond acceptors (Lipinski definition) is 8. The second-order valence-corrected chi connectivity index (χ2v) is 8.26. The molecule has 1 aromatic heterocycles. The number of halogens is 3. The van der Waals surface area contributed by atoms with Gasteiger partial charge in [0.25, 0.3) is 5.69 Å². The van der Waals surface area contributed by atoms with Crippen molar-refractivity contribution in [2.24, 2.45) is 10.2 Å². The van der Waals surface area contributed by atoms with Crippen molar-refractivity contribution in [3.63, 3.8) is 0 Å². The van der Waals surface area contributed by atoms with Crippen LogP contribution in [0.15, 0.2) is 89.1 Å². The number of alkyl halides is 3. The SMILES string of the molecule is Cc1c(C#N)c(NCc2ccccc2)nc(Nc2ccccc2)c1N=Nc1ccc([N+](=O)[O-])cc1C(F)(F)F.